The van der Waals surface area contributed by atoms with Crippen molar-refractivity contribution < 1.29 is 42.5 Å². The molecule has 3 fully saturated rings. The SMILES string of the molecule is CCOP(=O)(OCC)[C@@H](C)N(O)[C@H]1O[C@H]([C@H]2COC(C)(C)O2)[C@]2(C)OC(C)(C)O[C@H]12. The highest BCUT2D eigenvalue weighted by atomic mass is 31.2. The number of hydroxylamine groups is 2. The molecule has 0 spiro atoms. The molecular weight excluding hydrogens is 417 g/mol. The lowest BCUT2D eigenvalue weighted by molar-refractivity contribution is -0.279. The van der Waals surface area contributed by atoms with E-state index in [0.29, 0.717) is 6.61 Å². The number of rotatable bonds is 8. The zero-order chi connectivity index (χ0) is 22.5. The summed E-state index contributed by atoms with van der Waals surface area (Å²) in [5, 5.41) is 11.9. The van der Waals surface area contributed by atoms with Gasteiger partial charge in [0, 0.05) is 0 Å². The number of hydrogen-bond donors (Lipinski definition) is 1. The van der Waals surface area contributed by atoms with Gasteiger partial charge in [-0.3, -0.25) is 4.57 Å². The number of nitrogens with zero attached hydrogens (tertiary/aromatic N) is 1. The molecule has 176 valence electrons. The van der Waals surface area contributed by atoms with Gasteiger partial charge in [0.05, 0.1) is 19.8 Å². The Labute approximate surface area is 178 Å². The maximum absolute atomic E-state index is 13.2. The van der Waals surface area contributed by atoms with Crippen molar-refractivity contribution in [1.29, 1.82) is 0 Å². The van der Waals surface area contributed by atoms with Crippen molar-refractivity contribution in [3.05, 3.63) is 0 Å². The largest absolute Gasteiger partial charge is 0.349 e. The quantitative estimate of drug-likeness (QED) is 0.435. The van der Waals surface area contributed by atoms with Gasteiger partial charge in [-0.1, -0.05) is 0 Å². The Kier molecular flexibility index (Phi) is 6.81. The third-order valence-corrected chi connectivity index (χ3v) is 8.03. The molecule has 0 aromatic heterocycles. The molecule has 0 saturated carbocycles. The Hall–Kier alpha value is -0.130. The Balaban J connectivity index is 1.88. The van der Waals surface area contributed by atoms with Gasteiger partial charge in [0.25, 0.3) is 0 Å². The van der Waals surface area contributed by atoms with E-state index in [9.17, 15) is 9.77 Å². The first-order valence-corrected chi connectivity index (χ1v) is 12.1. The number of hydrogen-bond acceptors (Lipinski definition) is 10. The van der Waals surface area contributed by atoms with Crippen LogP contribution in [0.25, 0.3) is 0 Å². The van der Waals surface area contributed by atoms with E-state index in [4.69, 9.17) is 32.7 Å². The molecule has 0 unspecified atom stereocenters. The van der Waals surface area contributed by atoms with E-state index in [1.807, 2.05) is 20.8 Å². The second-order valence-corrected chi connectivity index (χ2v) is 11.3. The van der Waals surface area contributed by atoms with E-state index in [1.54, 1.807) is 34.6 Å². The summed E-state index contributed by atoms with van der Waals surface area (Å²) in [6.07, 6.45) is -2.66. The Morgan fingerprint density at radius 1 is 1.07 bits per heavy atom. The van der Waals surface area contributed by atoms with Gasteiger partial charge in [0.15, 0.2) is 17.8 Å². The lowest BCUT2D eigenvalue weighted by Gasteiger charge is -2.34. The minimum absolute atomic E-state index is 0.180. The van der Waals surface area contributed by atoms with Crippen LogP contribution in [0.1, 0.15) is 55.4 Å². The molecule has 3 heterocycles. The maximum Gasteiger partial charge on any atom is 0.349 e. The van der Waals surface area contributed by atoms with Crippen molar-refractivity contribution in [2.45, 2.75) is 103 Å². The van der Waals surface area contributed by atoms with E-state index in [1.165, 1.54) is 0 Å². The monoisotopic (exact) mass is 453 g/mol. The summed E-state index contributed by atoms with van der Waals surface area (Å²) in [4.78, 5) is 0. The Morgan fingerprint density at radius 2 is 1.67 bits per heavy atom. The Bertz CT molecular complexity index is 664. The standard InChI is InChI=1S/C19H36NO9P/c1-9-24-30(22,25-10-2)12(3)20(21)16-15-19(8,29-18(6,7)28-15)14(26-16)13-11-23-17(4,5)27-13/h12-16,21H,9-11H2,1-8H3/t12-,13+,14+,15+,16-,19-/m0/s1. The van der Waals surface area contributed by atoms with E-state index < -0.39 is 55.1 Å². The third-order valence-electron chi connectivity index (χ3n) is 5.64. The third kappa shape index (κ3) is 4.37. The van der Waals surface area contributed by atoms with E-state index >= 15 is 0 Å². The molecule has 11 heteroatoms. The molecule has 0 aliphatic carbocycles. The van der Waals surface area contributed by atoms with Crippen molar-refractivity contribution in [3.63, 3.8) is 0 Å². The van der Waals surface area contributed by atoms with Crippen molar-refractivity contribution in [2.75, 3.05) is 19.8 Å². The van der Waals surface area contributed by atoms with Gasteiger partial charge in [-0.15, -0.1) is 5.06 Å². The second kappa shape index (κ2) is 8.33. The molecule has 0 bridgehead atoms. The molecular formula is C19H36NO9P. The van der Waals surface area contributed by atoms with Crippen LogP contribution < -0.4 is 0 Å². The summed E-state index contributed by atoms with van der Waals surface area (Å²) in [6.45, 7) is 14.8. The molecule has 0 amide bonds. The topological polar surface area (TPSA) is 105 Å². The highest BCUT2D eigenvalue weighted by Crippen LogP contribution is 2.56. The van der Waals surface area contributed by atoms with Crippen molar-refractivity contribution >= 4 is 7.60 Å². The molecule has 3 aliphatic heterocycles. The first-order valence-electron chi connectivity index (χ1n) is 10.5. The molecule has 3 rings (SSSR count). The summed E-state index contributed by atoms with van der Waals surface area (Å²) < 4.78 is 54.3. The van der Waals surface area contributed by atoms with Crippen LogP contribution in [0.4, 0.5) is 0 Å². The molecule has 6 atom stereocenters. The molecule has 3 saturated heterocycles. The fourth-order valence-corrected chi connectivity index (χ4v) is 6.09. The van der Waals surface area contributed by atoms with Crippen LogP contribution in [0.15, 0.2) is 0 Å². The van der Waals surface area contributed by atoms with Gasteiger partial charge in [-0.05, 0) is 55.4 Å². The van der Waals surface area contributed by atoms with E-state index in [0.717, 1.165) is 5.06 Å². The van der Waals surface area contributed by atoms with Crippen molar-refractivity contribution in [1.82, 2.24) is 5.06 Å². The van der Waals surface area contributed by atoms with Crippen LogP contribution in [0.5, 0.6) is 0 Å². The molecule has 10 nitrogen and oxygen atoms in total. The van der Waals surface area contributed by atoms with E-state index in [2.05, 4.69) is 0 Å². The van der Waals surface area contributed by atoms with Crippen LogP contribution in [-0.2, 0) is 37.3 Å². The summed E-state index contributed by atoms with van der Waals surface area (Å²) in [5.74, 6) is -2.64. The van der Waals surface area contributed by atoms with Gasteiger partial charge in [-0.2, -0.15) is 0 Å². The number of ether oxygens (including phenoxy) is 5. The highest BCUT2D eigenvalue weighted by molar-refractivity contribution is 7.54. The predicted molar refractivity (Wildman–Crippen MR) is 106 cm³/mol. The smallest absolute Gasteiger partial charge is 0.349 e. The summed E-state index contributed by atoms with van der Waals surface area (Å²) in [6, 6.07) is 0. The van der Waals surface area contributed by atoms with Crippen molar-refractivity contribution in [2.24, 2.45) is 0 Å². The lowest BCUT2D eigenvalue weighted by atomic mass is 9.91. The van der Waals surface area contributed by atoms with Crippen LogP contribution in [-0.4, -0.2) is 77.6 Å². The fourth-order valence-electron chi connectivity index (χ4n) is 4.45. The van der Waals surface area contributed by atoms with Crippen molar-refractivity contribution in [3.8, 4) is 0 Å². The zero-order valence-corrected chi connectivity index (χ0v) is 20.0. The molecule has 0 aromatic rings. The molecule has 1 N–H and O–H groups in total. The van der Waals surface area contributed by atoms with Crippen LogP contribution in [0, 0.1) is 0 Å². The van der Waals surface area contributed by atoms with Gasteiger partial charge in [-0.25, -0.2) is 0 Å². The van der Waals surface area contributed by atoms with Crippen LogP contribution >= 0.6 is 7.60 Å². The average Bonchev–Trinajstić information content (AvgIpc) is 3.19. The fraction of sp³-hybridized carbons (Fsp3) is 1.00. The molecule has 3 aliphatic rings. The normalized spacial score (nSPS) is 38.9. The Morgan fingerprint density at radius 3 is 2.17 bits per heavy atom. The molecule has 30 heavy (non-hydrogen) atoms. The molecule has 0 radical (unpaired) electrons. The molecule has 0 aromatic carbocycles. The van der Waals surface area contributed by atoms with Crippen LogP contribution in [0.3, 0.4) is 0 Å². The van der Waals surface area contributed by atoms with Gasteiger partial charge in [0.1, 0.15) is 29.7 Å². The summed E-state index contributed by atoms with van der Waals surface area (Å²) in [7, 11) is -3.63. The zero-order valence-electron chi connectivity index (χ0n) is 19.1. The van der Waals surface area contributed by atoms with Gasteiger partial charge >= 0.3 is 7.60 Å². The number of fused-ring (bicyclic) bond motifs is 1. The summed E-state index contributed by atoms with van der Waals surface area (Å²) in [5.41, 5.74) is -0.926. The average molecular weight is 453 g/mol. The van der Waals surface area contributed by atoms with Gasteiger partial charge in [0.2, 0.25) is 0 Å². The predicted octanol–water partition coefficient (Wildman–Crippen LogP) is 3.08. The lowest BCUT2D eigenvalue weighted by Crippen LogP contribution is -2.51. The van der Waals surface area contributed by atoms with Gasteiger partial charge < -0.3 is 37.9 Å². The second-order valence-electron chi connectivity index (χ2n) is 8.93. The first-order chi connectivity index (χ1) is 13.8. The maximum atomic E-state index is 13.2. The van der Waals surface area contributed by atoms with Crippen LogP contribution in [0.2, 0.25) is 0 Å². The first kappa shape index (κ1) is 24.5. The minimum atomic E-state index is -3.63. The van der Waals surface area contributed by atoms with E-state index in [-0.39, 0.29) is 13.2 Å². The highest BCUT2D eigenvalue weighted by Gasteiger charge is 2.68. The summed E-state index contributed by atoms with van der Waals surface area (Å²) >= 11 is 0. The minimum Gasteiger partial charge on any atom is -0.349 e.